The Kier molecular flexibility index (Phi) is 6.04. The number of benzene rings is 1. The van der Waals surface area contributed by atoms with Crippen LogP contribution in [0.5, 0.6) is 6.01 Å². The summed E-state index contributed by atoms with van der Waals surface area (Å²) in [5.74, 6) is 0.215. The molecule has 0 unspecified atom stereocenters. The molecule has 4 saturated heterocycles. The minimum absolute atomic E-state index is 0. The molecule has 2 N–H and O–H groups in total. The second-order valence-corrected chi connectivity index (χ2v) is 13.5. The minimum Gasteiger partial charge on any atom is -0.461 e. The van der Waals surface area contributed by atoms with Crippen molar-refractivity contribution < 1.29 is 26.0 Å². The molecule has 0 radical (unpaired) electrons. The highest BCUT2D eigenvalue weighted by Gasteiger charge is 2.52. The first-order valence-corrected chi connectivity index (χ1v) is 15.5. The van der Waals surface area contributed by atoms with Crippen molar-refractivity contribution in [1.29, 1.82) is 0 Å². The molecular formula is C31H41F2N7O3. The van der Waals surface area contributed by atoms with Crippen LogP contribution in [0.25, 0.3) is 0 Å². The predicted octanol–water partition coefficient (Wildman–Crippen LogP) is 3.07. The van der Waals surface area contributed by atoms with E-state index in [1.54, 1.807) is 6.07 Å². The van der Waals surface area contributed by atoms with Gasteiger partial charge in [0.25, 0.3) is 5.91 Å². The molecule has 2 aromatic rings. The highest BCUT2D eigenvalue weighted by atomic mass is 19.1. The van der Waals surface area contributed by atoms with Crippen LogP contribution in [-0.4, -0.2) is 88.8 Å². The molecule has 4 atom stereocenters. The van der Waals surface area contributed by atoms with Crippen LogP contribution < -0.4 is 20.3 Å². The van der Waals surface area contributed by atoms with Crippen molar-refractivity contribution in [2.75, 3.05) is 44.7 Å². The Hall–Kier alpha value is -3.38. The molecule has 1 aromatic carbocycles. The third-order valence-corrected chi connectivity index (χ3v) is 11.1. The first-order chi connectivity index (χ1) is 20.7. The molecule has 1 aliphatic carbocycles. The van der Waals surface area contributed by atoms with Gasteiger partial charge in [0.2, 0.25) is 0 Å². The Bertz CT molecular complexity index is 1540. The molecule has 43 heavy (non-hydrogen) atoms. The molecule has 0 saturated carbocycles. The van der Waals surface area contributed by atoms with Gasteiger partial charge in [-0.3, -0.25) is 19.9 Å². The van der Waals surface area contributed by atoms with Gasteiger partial charge in [0.05, 0.1) is 23.3 Å². The minimum atomic E-state index is -1.01. The molecule has 8 rings (SSSR count). The molecule has 5 aliphatic heterocycles. The largest absolute Gasteiger partial charge is 0.461 e. The van der Waals surface area contributed by atoms with Gasteiger partial charge in [-0.1, -0.05) is 12.1 Å². The Balaban J connectivity index is 0.00000179. The number of halogens is 2. The molecule has 12 heteroatoms. The fourth-order valence-corrected chi connectivity index (χ4v) is 8.92. The normalized spacial score (nSPS) is 33.6. The Morgan fingerprint density at radius 3 is 2.84 bits per heavy atom. The van der Waals surface area contributed by atoms with Crippen molar-refractivity contribution in [2.24, 2.45) is 0 Å². The van der Waals surface area contributed by atoms with Crippen LogP contribution in [0.4, 0.5) is 19.4 Å². The average Bonchev–Trinajstić information content (AvgIpc) is 3.69. The molecule has 3 amide bonds. The number of hydrogen-bond acceptors (Lipinski definition) is 8. The smallest absolute Gasteiger partial charge is 0.322 e. The number of nitrogens with zero attached hydrogens (tertiary/aromatic N) is 5. The number of carbonyl (C=O) groups excluding carboxylic acids is 2. The van der Waals surface area contributed by atoms with E-state index in [0.717, 1.165) is 48.2 Å². The maximum atomic E-state index is 14.8. The summed E-state index contributed by atoms with van der Waals surface area (Å²) in [6.07, 6.45) is 4.74. The van der Waals surface area contributed by atoms with Crippen LogP contribution >= 0.6 is 0 Å². The van der Waals surface area contributed by atoms with E-state index >= 15 is 0 Å². The van der Waals surface area contributed by atoms with Crippen LogP contribution in [0, 0.1) is 5.82 Å². The summed E-state index contributed by atoms with van der Waals surface area (Å²) in [5.41, 5.74) is 1.83. The first-order valence-electron chi connectivity index (χ1n) is 15.5. The summed E-state index contributed by atoms with van der Waals surface area (Å²) in [6.45, 7) is 3.12. The summed E-state index contributed by atoms with van der Waals surface area (Å²) in [6, 6.07) is 5.11. The lowest BCUT2D eigenvalue weighted by atomic mass is 9.80. The van der Waals surface area contributed by atoms with Crippen LogP contribution in [0.15, 0.2) is 18.2 Å². The summed E-state index contributed by atoms with van der Waals surface area (Å²) in [5, 5.41) is 5.27. The van der Waals surface area contributed by atoms with Crippen molar-refractivity contribution in [3.63, 3.8) is 0 Å². The van der Waals surface area contributed by atoms with Crippen LogP contribution in [0.1, 0.15) is 63.8 Å². The summed E-state index contributed by atoms with van der Waals surface area (Å²) < 4.78 is 35.7. The number of likely N-dealkylation sites (N-methyl/N-ethyl adjacent to an activating group) is 1. The Morgan fingerprint density at radius 1 is 1.14 bits per heavy atom. The fraction of sp³-hybridized carbons (Fsp3) is 0.613. The number of alkyl halides is 1. The molecule has 6 heterocycles. The van der Waals surface area contributed by atoms with Crippen molar-refractivity contribution >= 4 is 17.8 Å². The zero-order valence-electron chi connectivity index (χ0n) is 24.4. The number of ether oxygens (including phenoxy) is 1. The van der Waals surface area contributed by atoms with Crippen molar-refractivity contribution in [1.82, 2.24) is 30.4 Å². The number of nitrogens with one attached hydrogen (secondary N) is 2. The monoisotopic (exact) mass is 597 g/mol. The van der Waals surface area contributed by atoms with Gasteiger partial charge in [-0.15, -0.1) is 0 Å². The van der Waals surface area contributed by atoms with Crippen molar-refractivity contribution in [3.8, 4) is 6.01 Å². The molecule has 1 aromatic heterocycles. The van der Waals surface area contributed by atoms with Gasteiger partial charge < -0.3 is 15.0 Å². The van der Waals surface area contributed by atoms with Gasteiger partial charge in [-0.2, -0.15) is 9.97 Å². The average molecular weight is 598 g/mol. The van der Waals surface area contributed by atoms with E-state index in [9.17, 15) is 18.4 Å². The van der Waals surface area contributed by atoms with Crippen molar-refractivity contribution in [3.05, 3.63) is 46.4 Å². The van der Waals surface area contributed by atoms with E-state index < -0.39 is 23.3 Å². The second kappa shape index (κ2) is 9.56. The molecule has 10 nitrogen and oxygen atoms in total. The molecule has 2 spiro atoms. The first kappa shape index (κ1) is 27.2. The lowest BCUT2D eigenvalue weighted by Crippen LogP contribution is -2.59. The molecule has 4 fully saturated rings. The molecule has 6 aliphatic rings. The maximum Gasteiger partial charge on any atom is 0.322 e. The zero-order valence-corrected chi connectivity index (χ0v) is 24.4. The van der Waals surface area contributed by atoms with Gasteiger partial charge in [0.1, 0.15) is 30.0 Å². The lowest BCUT2D eigenvalue weighted by molar-refractivity contribution is -0.124. The van der Waals surface area contributed by atoms with E-state index in [0.29, 0.717) is 64.2 Å². The number of aromatic nitrogens is 2. The van der Waals surface area contributed by atoms with Gasteiger partial charge >= 0.3 is 12.0 Å². The number of anilines is 1. The SMILES string of the molecule is CN1Cc2c(nc(OC[C@@]34CCCN3C[C@H](F)C4)nc2N2CCC[C@]3(C2)NC(=O)NC3=O)C[C@]12CCc1c(F)cccc12.[HH].[HH]. The van der Waals surface area contributed by atoms with Gasteiger partial charge in [0.15, 0.2) is 0 Å². The molecule has 0 bridgehead atoms. The summed E-state index contributed by atoms with van der Waals surface area (Å²) in [7, 11) is 2.07. The number of fused-ring (bicyclic) bond motifs is 4. The maximum absolute atomic E-state index is 14.8. The Morgan fingerprint density at radius 2 is 2.00 bits per heavy atom. The van der Waals surface area contributed by atoms with E-state index in [-0.39, 0.29) is 32.7 Å². The molecule has 232 valence electrons. The number of rotatable bonds is 4. The number of urea groups is 1. The third-order valence-electron chi connectivity index (χ3n) is 11.1. The van der Waals surface area contributed by atoms with E-state index in [1.807, 2.05) is 6.07 Å². The van der Waals surface area contributed by atoms with Crippen LogP contribution in [0.3, 0.4) is 0 Å². The third kappa shape index (κ3) is 4.08. The van der Waals surface area contributed by atoms with Crippen LogP contribution in [-0.2, 0) is 29.7 Å². The highest BCUT2D eigenvalue weighted by Crippen LogP contribution is 2.49. The number of imide groups is 1. The predicted molar refractivity (Wildman–Crippen MR) is 157 cm³/mol. The van der Waals surface area contributed by atoms with Gasteiger partial charge in [-0.25, -0.2) is 13.6 Å². The Labute approximate surface area is 252 Å². The quantitative estimate of drug-likeness (QED) is 0.519. The van der Waals surface area contributed by atoms with Crippen molar-refractivity contribution in [2.45, 2.75) is 80.7 Å². The summed E-state index contributed by atoms with van der Waals surface area (Å²) in [4.78, 5) is 41.5. The lowest BCUT2D eigenvalue weighted by Gasteiger charge is -2.46. The summed E-state index contributed by atoms with van der Waals surface area (Å²) >= 11 is 0. The number of piperidine rings is 1. The standard InChI is InChI=1S/C31H37F2N7O3.2H2/c1-38-16-21-24(14-31(38)10-7-20-22(31)5-2-6-23(20)33)34-28(43-18-29-8-3-12-40(29)15-19(32)13-29)35-25(21)39-11-4-9-30(17-39)26(41)36-27(42)37-30;;/h2,5-6,19H,3-4,7-18H2,1H3,(H2,36,37,41,42);2*1H/t19-,29+,30-,31+;;/m1../s1. The fourth-order valence-electron chi connectivity index (χ4n) is 8.92. The van der Waals surface area contributed by atoms with E-state index in [2.05, 4.69) is 32.4 Å². The topological polar surface area (TPSA) is 103 Å². The zero-order chi connectivity index (χ0) is 29.6. The van der Waals surface area contributed by atoms with Gasteiger partial charge in [0, 0.05) is 40.9 Å². The number of amides is 3. The molecular weight excluding hydrogens is 556 g/mol. The second-order valence-electron chi connectivity index (χ2n) is 13.5. The highest BCUT2D eigenvalue weighted by molar-refractivity contribution is 6.07. The van der Waals surface area contributed by atoms with Gasteiger partial charge in [-0.05, 0) is 69.3 Å². The number of carbonyl (C=O) groups is 2. The van der Waals surface area contributed by atoms with E-state index in [1.165, 1.54) is 6.07 Å². The van der Waals surface area contributed by atoms with E-state index in [4.69, 9.17) is 14.7 Å². The van der Waals surface area contributed by atoms with Crippen LogP contribution in [0.2, 0.25) is 0 Å². The number of hydrogen-bond donors (Lipinski definition) is 2.